The molecule has 0 radical (unpaired) electrons. The molecule has 0 aromatic carbocycles. The van der Waals surface area contributed by atoms with Gasteiger partial charge in [0.25, 0.3) is 0 Å². The molecule has 5 atom stereocenters. The first-order valence-corrected chi connectivity index (χ1v) is 41.3. The fraction of sp³-hybridized carbons (Fsp3) is 0.946. The van der Waals surface area contributed by atoms with Gasteiger partial charge >= 0.3 is 39.5 Å². The molecule has 0 aliphatic carbocycles. The van der Waals surface area contributed by atoms with Crippen LogP contribution in [0.25, 0.3) is 0 Å². The van der Waals surface area contributed by atoms with Crippen molar-refractivity contribution < 1.29 is 80.2 Å². The van der Waals surface area contributed by atoms with Crippen molar-refractivity contribution in [2.75, 3.05) is 39.6 Å². The van der Waals surface area contributed by atoms with Gasteiger partial charge in [-0.2, -0.15) is 0 Å². The van der Waals surface area contributed by atoms with E-state index in [9.17, 15) is 43.2 Å². The van der Waals surface area contributed by atoms with Gasteiger partial charge in [-0.25, -0.2) is 9.13 Å². The third kappa shape index (κ3) is 68.4. The maximum atomic E-state index is 13.1. The minimum Gasteiger partial charge on any atom is -0.462 e. The highest BCUT2D eigenvalue weighted by Gasteiger charge is 2.30. The van der Waals surface area contributed by atoms with Gasteiger partial charge in [0.2, 0.25) is 0 Å². The maximum Gasteiger partial charge on any atom is 0.472 e. The number of rotatable bonds is 72. The Morgan fingerprint density at radius 1 is 0.290 bits per heavy atom. The van der Waals surface area contributed by atoms with Gasteiger partial charge in [-0.3, -0.25) is 37.3 Å². The molecule has 0 spiro atoms. The van der Waals surface area contributed by atoms with Crippen molar-refractivity contribution in [2.45, 2.75) is 394 Å². The van der Waals surface area contributed by atoms with Gasteiger partial charge in [0, 0.05) is 25.7 Å². The van der Waals surface area contributed by atoms with Crippen molar-refractivity contribution in [3.63, 3.8) is 0 Å². The van der Waals surface area contributed by atoms with E-state index in [1.165, 1.54) is 180 Å². The molecule has 0 bridgehead atoms. The summed E-state index contributed by atoms with van der Waals surface area (Å²) in [5.41, 5.74) is 0. The Bertz CT molecular complexity index is 1820. The molecule has 0 aliphatic heterocycles. The van der Waals surface area contributed by atoms with E-state index < -0.39 is 97.5 Å². The van der Waals surface area contributed by atoms with Crippen LogP contribution in [0.3, 0.4) is 0 Å². The van der Waals surface area contributed by atoms with Crippen LogP contribution in [0.1, 0.15) is 376 Å². The molecule has 0 heterocycles. The second-order valence-corrected chi connectivity index (χ2v) is 31.0. The van der Waals surface area contributed by atoms with Gasteiger partial charge in [0.1, 0.15) is 19.3 Å². The van der Waals surface area contributed by atoms with E-state index in [2.05, 4.69) is 48.5 Å². The van der Waals surface area contributed by atoms with Crippen LogP contribution >= 0.6 is 15.6 Å². The zero-order chi connectivity index (χ0) is 68.7. The fourth-order valence-corrected chi connectivity index (χ4v) is 12.8. The van der Waals surface area contributed by atoms with Gasteiger partial charge in [-0.05, 0) is 43.4 Å². The topological polar surface area (TPSA) is 237 Å². The second kappa shape index (κ2) is 64.7. The Morgan fingerprint density at radius 3 is 0.731 bits per heavy atom. The van der Waals surface area contributed by atoms with Crippen LogP contribution in [-0.2, 0) is 65.4 Å². The maximum absolute atomic E-state index is 13.1. The summed E-state index contributed by atoms with van der Waals surface area (Å²) in [5.74, 6) is 0.152. The molecule has 552 valence electrons. The lowest BCUT2D eigenvalue weighted by Crippen LogP contribution is -2.30. The van der Waals surface area contributed by atoms with Crippen molar-refractivity contribution in [3.8, 4) is 0 Å². The van der Waals surface area contributed by atoms with Gasteiger partial charge in [-0.15, -0.1) is 0 Å². The van der Waals surface area contributed by atoms with Crippen molar-refractivity contribution in [1.82, 2.24) is 0 Å². The lowest BCUT2D eigenvalue weighted by molar-refractivity contribution is -0.161. The highest BCUT2D eigenvalue weighted by Crippen LogP contribution is 2.45. The summed E-state index contributed by atoms with van der Waals surface area (Å²) in [7, 11) is -9.91. The molecule has 0 aromatic rings. The number of unbranched alkanes of at least 4 members (excludes halogenated alkanes) is 40. The summed E-state index contributed by atoms with van der Waals surface area (Å²) in [5, 5.41) is 10.6. The summed E-state index contributed by atoms with van der Waals surface area (Å²) in [4.78, 5) is 72.7. The number of hydrogen-bond acceptors (Lipinski definition) is 15. The van der Waals surface area contributed by atoms with Crippen LogP contribution in [0.4, 0.5) is 0 Å². The minimum atomic E-state index is -4.96. The van der Waals surface area contributed by atoms with E-state index in [-0.39, 0.29) is 25.7 Å². The van der Waals surface area contributed by atoms with E-state index in [1.807, 2.05) is 0 Å². The van der Waals surface area contributed by atoms with Crippen molar-refractivity contribution >= 4 is 39.5 Å². The van der Waals surface area contributed by atoms with Gasteiger partial charge < -0.3 is 33.8 Å². The second-order valence-electron chi connectivity index (χ2n) is 28.1. The number of carbonyl (C=O) groups is 4. The zero-order valence-corrected chi connectivity index (χ0v) is 62.5. The summed E-state index contributed by atoms with van der Waals surface area (Å²) in [6.07, 6.45) is 50.0. The number of hydrogen-bond donors (Lipinski definition) is 3. The zero-order valence-electron chi connectivity index (χ0n) is 60.7. The van der Waals surface area contributed by atoms with Crippen LogP contribution < -0.4 is 0 Å². The Labute approximate surface area is 568 Å². The highest BCUT2D eigenvalue weighted by molar-refractivity contribution is 7.47. The van der Waals surface area contributed by atoms with Crippen molar-refractivity contribution in [2.24, 2.45) is 17.8 Å². The highest BCUT2D eigenvalue weighted by atomic mass is 31.2. The SMILES string of the molecule is CCCCCCCCCCCCCC(=O)O[C@H](COC(=O)CCCCCCCCCC(C)C)COP(=O)(O)OC[C@H](O)COP(=O)(O)OC[C@@H](COC(=O)CCCCCCCCCCCCC(C)C)OC(=O)CCCCCCCCCCCCCCCCCCC(C)C. The van der Waals surface area contributed by atoms with E-state index in [0.29, 0.717) is 31.6 Å². The van der Waals surface area contributed by atoms with Gasteiger partial charge in [-0.1, -0.05) is 325 Å². The average molecular weight is 1370 g/mol. The molecule has 0 aromatic heterocycles. The molecule has 0 amide bonds. The molecule has 0 saturated heterocycles. The average Bonchev–Trinajstić information content (AvgIpc) is 3.13. The number of esters is 4. The monoisotopic (exact) mass is 1370 g/mol. The van der Waals surface area contributed by atoms with Crippen LogP contribution in [-0.4, -0.2) is 96.7 Å². The molecular formula is C74H144O17P2. The fourth-order valence-electron chi connectivity index (χ4n) is 11.2. The molecule has 0 aliphatic rings. The van der Waals surface area contributed by atoms with E-state index >= 15 is 0 Å². The van der Waals surface area contributed by atoms with Crippen molar-refractivity contribution in [3.05, 3.63) is 0 Å². The quantitative estimate of drug-likeness (QED) is 0.0222. The molecule has 93 heavy (non-hydrogen) atoms. The predicted octanol–water partition coefficient (Wildman–Crippen LogP) is 21.4. The number of ether oxygens (including phenoxy) is 4. The Kier molecular flexibility index (Phi) is 63.4. The smallest absolute Gasteiger partial charge is 0.462 e. The summed E-state index contributed by atoms with van der Waals surface area (Å²) in [6.45, 7) is 11.8. The normalized spacial score (nSPS) is 14.1. The Hall–Kier alpha value is -1.94. The summed E-state index contributed by atoms with van der Waals surface area (Å²) in [6, 6.07) is 0. The Morgan fingerprint density at radius 2 is 0.495 bits per heavy atom. The largest absolute Gasteiger partial charge is 0.472 e. The van der Waals surface area contributed by atoms with Crippen LogP contribution in [0, 0.1) is 17.8 Å². The first-order chi connectivity index (χ1) is 44.7. The molecular weight excluding hydrogens is 1220 g/mol. The Balaban J connectivity index is 5.22. The summed E-state index contributed by atoms with van der Waals surface area (Å²) >= 11 is 0. The predicted molar refractivity (Wildman–Crippen MR) is 377 cm³/mol. The molecule has 0 saturated carbocycles. The molecule has 17 nitrogen and oxygen atoms in total. The van der Waals surface area contributed by atoms with E-state index in [0.717, 1.165) is 108 Å². The molecule has 2 unspecified atom stereocenters. The molecule has 3 N–H and O–H groups in total. The third-order valence-corrected chi connectivity index (χ3v) is 19.0. The first kappa shape index (κ1) is 91.1. The summed E-state index contributed by atoms with van der Waals surface area (Å²) < 4.78 is 68.4. The van der Waals surface area contributed by atoms with Gasteiger partial charge in [0.05, 0.1) is 26.4 Å². The van der Waals surface area contributed by atoms with E-state index in [1.54, 1.807) is 0 Å². The number of aliphatic hydroxyl groups is 1. The van der Waals surface area contributed by atoms with Crippen LogP contribution in [0.2, 0.25) is 0 Å². The van der Waals surface area contributed by atoms with E-state index in [4.69, 9.17) is 37.0 Å². The van der Waals surface area contributed by atoms with Crippen LogP contribution in [0.5, 0.6) is 0 Å². The minimum absolute atomic E-state index is 0.106. The third-order valence-electron chi connectivity index (χ3n) is 17.1. The lowest BCUT2D eigenvalue weighted by atomic mass is 10.0. The molecule has 19 heteroatoms. The lowest BCUT2D eigenvalue weighted by Gasteiger charge is -2.21. The first-order valence-electron chi connectivity index (χ1n) is 38.3. The van der Waals surface area contributed by atoms with Crippen molar-refractivity contribution in [1.29, 1.82) is 0 Å². The number of aliphatic hydroxyl groups excluding tert-OH is 1. The van der Waals surface area contributed by atoms with Gasteiger partial charge in [0.15, 0.2) is 12.2 Å². The number of carbonyl (C=O) groups excluding carboxylic acids is 4. The molecule has 0 rings (SSSR count). The standard InChI is InChI=1S/C74H144O17P2/c1-8-9-10-11-12-13-20-28-35-43-50-57-73(78)91-70(62-85-72(77)56-49-42-37-30-33-40-47-54-67(6)7)64-89-93(82,83)87-60-68(75)59-86-92(80,81)88-63-69(61-84-71(76)55-48-41-34-27-24-23-26-32-39-46-53-66(4)5)90-74(79)58-51-44-36-29-22-19-17-15-14-16-18-21-25-31-38-45-52-65(2)3/h65-70,75H,8-64H2,1-7H3,(H,80,81)(H,82,83)/t68-,69-,70-/m1/s1. The number of phosphoric ester groups is 2. The molecule has 0 fully saturated rings. The number of phosphoric acid groups is 2. The van der Waals surface area contributed by atoms with Crippen LogP contribution in [0.15, 0.2) is 0 Å².